The minimum absolute atomic E-state index is 0.212. The highest BCUT2D eigenvalue weighted by Crippen LogP contribution is 2.22. The van der Waals surface area contributed by atoms with Gasteiger partial charge in [0, 0.05) is 31.4 Å². The third kappa shape index (κ3) is 2.59. The van der Waals surface area contributed by atoms with E-state index in [1.54, 1.807) is 0 Å². The molecule has 4 nitrogen and oxygen atoms in total. The van der Waals surface area contributed by atoms with Crippen molar-refractivity contribution in [3.05, 3.63) is 29.8 Å². The Morgan fingerprint density at radius 1 is 1.26 bits per heavy atom. The van der Waals surface area contributed by atoms with Crippen molar-refractivity contribution >= 4 is 11.6 Å². The van der Waals surface area contributed by atoms with Crippen LogP contribution < -0.4 is 5.73 Å². The molecular formula is C15H21N3O. The zero-order chi connectivity index (χ0) is 13.2. The number of nitrogen functional groups attached to an aromatic ring is 1. The van der Waals surface area contributed by atoms with Gasteiger partial charge in [0.05, 0.1) is 6.42 Å². The van der Waals surface area contributed by atoms with E-state index in [0.717, 1.165) is 30.9 Å². The number of fused-ring (bicyclic) bond motifs is 1. The van der Waals surface area contributed by atoms with Gasteiger partial charge >= 0.3 is 0 Å². The average molecular weight is 259 g/mol. The Kier molecular flexibility index (Phi) is 3.42. The van der Waals surface area contributed by atoms with E-state index in [0.29, 0.717) is 12.5 Å². The zero-order valence-electron chi connectivity index (χ0n) is 11.2. The van der Waals surface area contributed by atoms with Gasteiger partial charge in [0.2, 0.25) is 5.91 Å². The van der Waals surface area contributed by atoms with E-state index in [2.05, 4.69) is 4.90 Å². The Labute approximate surface area is 114 Å². The van der Waals surface area contributed by atoms with Gasteiger partial charge in [-0.2, -0.15) is 0 Å². The van der Waals surface area contributed by atoms with Crippen molar-refractivity contribution in [2.45, 2.75) is 25.3 Å². The van der Waals surface area contributed by atoms with E-state index < -0.39 is 0 Å². The number of nitrogens with zero attached hydrogens (tertiary/aromatic N) is 2. The molecule has 2 N–H and O–H groups in total. The van der Waals surface area contributed by atoms with Crippen molar-refractivity contribution in [1.29, 1.82) is 0 Å². The Hall–Kier alpha value is -1.55. The molecule has 1 aromatic rings. The van der Waals surface area contributed by atoms with Crippen LogP contribution >= 0.6 is 0 Å². The van der Waals surface area contributed by atoms with Gasteiger partial charge < -0.3 is 10.6 Å². The molecule has 1 unspecified atom stereocenters. The van der Waals surface area contributed by atoms with Crippen molar-refractivity contribution in [1.82, 2.24) is 9.80 Å². The fraction of sp³-hybridized carbons (Fsp3) is 0.533. The van der Waals surface area contributed by atoms with Crippen LogP contribution in [0.4, 0.5) is 5.69 Å². The minimum Gasteiger partial charge on any atom is -0.398 e. The largest absolute Gasteiger partial charge is 0.398 e. The van der Waals surface area contributed by atoms with E-state index in [9.17, 15) is 4.79 Å². The summed E-state index contributed by atoms with van der Waals surface area (Å²) in [5, 5.41) is 0. The van der Waals surface area contributed by atoms with Crippen LogP contribution in [0.3, 0.4) is 0 Å². The molecule has 19 heavy (non-hydrogen) atoms. The van der Waals surface area contributed by atoms with Crippen molar-refractivity contribution < 1.29 is 4.79 Å². The van der Waals surface area contributed by atoms with Crippen LogP contribution in [0.25, 0.3) is 0 Å². The lowest BCUT2D eigenvalue weighted by molar-refractivity contribution is -0.133. The van der Waals surface area contributed by atoms with Crippen LogP contribution in [-0.2, 0) is 11.2 Å². The highest BCUT2D eigenvalue weighted by molar-refractivity contribution is 5.80. The molecule has 0 aliphatic carbocycles. The van der Waals surface area contributed by atoms with Crippen LogP contribution in [-0.4, -0.2) is 47.9 Å². The third-order valence-corrected chi connectivity index (χ3v) is 4.34. The maximum atomic E-state index is 12.4. The molecule has 1 aromatic carbocycles. The van der Waals surface area contributed by atoms with Crippen molar-refractivity contribution in [3.8, 4) is 0 Å². The highest BCUT2D eigenvalue weighted by atomic mass is 16.2. The van der Waals surface area contributed by atoms with E-state index >= 15 is 0 Å². The number of carbonyl (C=O) groups is 1. The number of carbonyl (C=O) groups excluding carboxylic acids is 1. The van der Waals surface area contributed by atoms with Gasteiger partial charge in [0.25, 0.3) is 0 Å². The molecule has 2 heterocycles. The van der Waals surface area contributed by atoms with Gasteiger partial charge in [0.1, 0.15) is 0 Å². The van der Waals surface area contributed by atoms with E-state index in [-0.39, 0.29) is 5.91 Å². The molecule has 0 bridgehead atoms. The Morgan fingerprint density at radius 3 is 2.95 bits per heavy atom. The summed E-state index contributed by atoms with van der Waals surface area (Å²) in [4.78, 5) is 16.9. The van der Waals surface area contributed by atoms with Crippen LogP contribution in [0, 0.1) is 0 Å². The van der Waals surface area contributed by atoms with Gasteiger partial charge in [-0.3, -0.25) is 9.69 Å². The second-order valence-electron chi connectivity index (χ2n) is 5.55. The van der Waals surface area contributed by atoms with Crippen molar-refractivity contribution in [3.63, 3.8) is 0 Å². The van der Waals surface area contributed by atoms with E-state index in [4.69, 9.17) is 5.73 Å². The standard InChI is InChI=1S/C15H21N3O/c16-14-6-2-1-4-12(14)10-15(19)18-9-8-17-7-3-5-13(17)11-18/h1-2,4,6,13H,3,5,7-11,16H2. The summed E-state index contributed by atoms with van der Waals surface area (Å²) in [5.41, 5.74) is 7.57. The summed E-state index contributed by atoms with van der Waals surface area (Å²) >= 11 is 0. The predicted molar refractivity (Wildman–Crippen MR) is 75.7 cm³/mol. The van der Waals surface area contributed by atoms with Gasteiger partial charge in [0.15, 0.2) is 0 Å². The third-order valence-electron chi connectivity index (χ3n) is 4.34. The smallest absolute Gasteiger partial charge is 0.227 e. The van der Waals surface area contributed by atoms with Gasteiger partial charge in [-0.1, -0.05) is 18.2 Å². The number of hydrogen-bond acceptors (Lipinski definition) is 3. The molecule has 102 valence electrons. The fourth-order valence-corrected chi connectivity index (χ4v) is 3.19. The molecule has 0 spiro atoms. The van der Waals surface area contributed by atoms with Crippen LogP contribution in [0.15, 0.2) is 24.3 Å². The average Bonchev–Trinajstić information content (AvgIpc) is 2.88. The molecule has 2 fully saturated rings. The van der Waals surface area contributed by atoms with Crippen molar-refractivity contribution in [2.24, 2.45) is 0 Å². The molecule has 2 saturated heterocycles. The first-order valence-electron chi connectivity index (χ1n) is 7.09. The number of para-hydroxylation sites is 1. The number of amides is 1. The second kappa shape index (κ2) is 5.21. The topological polar surface area (TPSA) is 49.6 Å². The number of anilines is 1. The lowest BCUT2D eigenvalue weighted by Gasteiger charge is -2.37. The molecule has 4 heteroatoms. The molecular weight excluding hydrogens is 238 g/mol. The second-order valence-corrected chi connectivity index (χ2v) is 5.55. The molecule has 3 rings (SSSR count). The van der Waals surface area contributed by atoms with Gasteiger partial charge in [-0.25, -0.2) is 0 Å². The number of nitrogens with two attached hydrogens (primary N) is 1. The fourth-order valence-electron chi connectivity index (χ4n) is 3.19. The first-order chi connectivity index (χ1) is 9.24. The van der Waals surface area contributed by atoms with Crippen molar-refractivity contribution in [2.75, 3.05) is 31.9 Å². The van der Waals surface area contributed by atoms with Crippen LogP contribution in [0.1, 0.15) is 18.4 Å². The molecule has 2 aliphatic heterocycles. The summed E-state index contributed by atoms with van der Waals surface area (Å²) < 4.78 is 0. The highest BCUT2D eigenvalue weighted by Gasteiger charge is 2.32. The van der Waals surface area contributed by atoms with E-state index in [1.807, 2.05) is 29.2 Å². The number of rotatable bonds is 2. The number of hydrogen-bond donors (Lipinski definition) is 1. The Balaban J connectivity index is 1.63. The molecule has 0 radical (unpaired) electrons. The summed E-state index contributed by atoms with van der Waals surface area (Å²) in [5.74, 6) is 0.212. The van der Waals surface area contributed by atoms with Gasteiger partial charge in [-0.15, -0.1) is 0 Å². The summed E-state index contributed by atoms with van der Waals surface area (Å²) in [6.07, 6.45) is 2.94. The number of benzene rings is 1. The zero-order valence-corrected chi connectivity index (χ0v) is 11.2. The minimum atomic E-state index is 0.212. The molecule has 1 atom stereocenters. The normalized spacial score (nSPS) is 23.4. The SMILES string of the molecule is Nc1ccccc1CC(=O)N1CCN2CCCC2C1. The van der Waals surface area contributed by atoms with E-state index in [1.165, 1.54) is 19.4 Å². The van der Waals surface area contributed by atoms with Gasteiger partial charge in [-0.05, 0) is 31.0 Å². The lowest BCUT2D eigenvalue weighted by Crippen LogP contribution is -2.52. The van der Waals surface area contributed by atoms with Crippen LogP contribution in [0.2, 0.25) is 0 Å². The summed E-state index contributed by atoms with van der Waals surface area (Å²) in [6, 6.07) is 8.23. The predicted octanol–water partition coefficient (Wildman–Crippen LogP) is 1.12. The first-order valence-corrected chi connectivity index (χ1v) is 7.09. The maximum absolute atomic E-state index is 12.4. The molecule has 1 amide bonds. The maximum Gasteiger partial charge on any atom is 0.227 e. The summed E-state index contributed by atoms with van der Waals surface area (Å²) in [6.45, 7) is 3.99. The Morgan fingerprint density at radius 2 is 2.11 bits per heavy atom. The molecule has 0 saturated carbocycles. The molecule has 2 aliphatic rings. The Bertz CT molecular complexity index is 474. The number of piperazine rings is 1. The quantitative estimate of drug-likeness (QED) is 0.810. The lowest BCUT2D eigenvalue weighted by atomic mass is 10.1. The monoisotopic (exact) mass is 259 g/mol. The molecule has 0 aromatic heterocycles. The summed E-state index contributed by atoms with van der Waals surface area (Å²) in [7, 11) is 0. The van der Waals surface area contributed by atoms with Crippen LogP contribution in [0.5, 0.6) is 0 Å². The first kappa shape index (κ1) is 12.5.